The van der Waals surface area contributed by atoms with Gasteiger partial charge in [0.2, 0.25) is 0 Å². The molecule has 0 aliphatic carbocycles. The summed E-state index contributed by atoms with van der Waals surface area (Å²) in [7, 11) is 3.13. The standard InChI is InChI=1S/C18H20ClNO4/c1-4-16(24-14-8-6-13(22-2)7-9-14)18(21)20-12-5-10-17(23-3)15(19)11-12/h5-11,16H,4H2,1-3H3,(H,20,21)/t16-/m1/s1. The van der Waals surface area contributed by atoms with Gasteiger partial charge in [-0.2, -0.15) is 0 Å². The fourth-order valence-corrected chi connectivity index (χ4v) is 2.37. The highest BCUT2D eigenvalue weighted by molar-refractivity contribution is 6.32. The number of anilines is 1. The fraction of sp³-hybridized carbons (Fsp3) is 0.278. The number of halogens is 1. The van der Waals surface area contributed by atoms with E-state index < -0.39 is 6.10 Å². The first-order valence-electron chi connectivity index (χ1n) is 7.52. The van der Waals surface area contributed by atoms with Crippen molar-refractivity contribution >= 4 is 23.2 Å². The van der Waals surface area contributed by atoms with Crippen molar-refractivity contribution in [3.63, 3.8) is 0 Å². The molecule has 0 heterocycles. The van der Waals surface area contributed by atoms with Crippen LogP contribution in [0.4, 0.5) is 5.69 Å². The summed E-state index contributed by atoms with van der Waals surface area (Å²) in [6.07, 6.45) is -0.0823. The Morgan fingerprint density at radius 2 is 1.75 bits per heavy atom. The second kappa shape index (κ2) is 8.45. The first kappa shape index (κ1) is 17.9. The van der Waals surface area contributed by atoms with E-state index in [1.54, 1.807) is 49.6 Å². The van der Waals surface area contributed by atoms with Gasteiger partial charge in [-0.3, -0.25) is 4.79 Å². The second-order valence-electron chi connectivity index (χ2n) is 5.03. The first-order chi connectivity index (χ1) is 11.6. The van der Waals surface area contributed by atoms with Gasteiger partial charge in [-0.25, -0.2) is 0 Å². The Bertz CT molecular complexity index is 688. The van der Waals surface area contributed by atoms with Crippen LogP contribution in [0.1, 0.15) is 13.3 Å². The minimum absolute atomic E-state index is 0.241. The summed E-state index contributed by atoms with van der Waals surface area (Å²) in [6, 6.07) is 12.1. The lowest BCUT2D eigenvalue weighted by atomic mass is 10.2. The predicted octanol–water partition coefficient (Wildman–Crippen LogP) is 4.15. The van der Waals surface area contributed by atoms with Crippen LogP contribution in [0, 0.1) is 0 Å². The number of methoxy groups -OCH3 is 2. The summed E-state index contributed by atoms with van der Waals surface area (Å²) in [5.41, 5.74) is 0.586. The number of hydrogen-bond acceptors (Lipinski definition) is 4. The molecule has 5 nitrogen and oxygen atoms in total. The van der Waals surface area contributed by atoms with Crippen molar-refractivity contribution < 1.29 is 19.0 Å². The zero-order valence-corrected chi connectivity index (χ0v) is 14.6. The maximum atomic E-state index is 12.4. The number of benzene rings is 2. The van der Waals surface area contributed by atoms with Crippen LogP contribution in [-0.2, 0) is 4.79 Å². The fourth-order valence-electron chi connectivity index (χ4n) is 2.11. The number of ether oxygens (including phenoxy) is 3. The van der Waals surface area contributed by atoms with Gasteiger partial charge in [-0.05, 0) is 48.9 Å². The van der Waals surface area contributed by atoms with Gasteiger partial charge in [-0.15, -0.1) is 0 Å². The molecule has 2 aromatic carbocycles. The topological polar surface area (TPSA) is 56.8 Å². The van der Waals surface area contributed by atoms with E-state index in [-0.39, 0.29) is 5.91 Å². The monoisotopic (exact) mass is 349 g/mol. The van der Waals surface area contributed by atoms with Gasteiger partial charge >= 0.3 is 0 Å². The molecule has 0 saturated carbocycles. The molecule has 6 heteroatoms. The molecule has 24 heavy (non-hydrogen) atoms. The van der Waals surface area contributed by atoms with Crippen LogP contribution in [0.15, 0.2) is 42.5 Å². The number of amides is 1. The van der Waals surface area contributed by atoms with Crippen LogP contribution < -0.4 is 19.5 Å². The molecule has 2 aromatic rings. The van der Waals surface area contributed by atoms with Crippen molar-refractivity contribution in [2.45, 2.75) is 19.4 Å². The lowest BCUT2D eigenvalue weighted by molar-refractivity contribution is -0.122. The lowest BCUT2D eigenvalue weighted by Gasteiger charge is -2.18. The normalized spacial score (nSPS) is 11.5. The zero-order valence-electron chi connectivity index (χ0n) is 13.8. The molecule has 0 saturated heterocycles. The predicted molar refractivity (Wildman–Crippen MR) is 94.3 cm³/mol. The van der Waals surface area contributed by atoms with Crippen LogP contribution in [-0.4, -0.2) is 26.2 Å². The molecule has 1 atom stereocenters. The van der Waals surface area contributed by atoms with E-state index in [2.05, 4.69) is 5.32 Å². The molecule has 1 amide bonds. The number of carbonyl (C=O) groups is 1. The van der Waals surface area contributed by atoms with E-state index in [4.69, 9.17) is 25.8 Å². The van der Waals surface area contributed by atoms with Gasteiger partial charge in [0.25, 0.3) is 5.91 Å². The van der Waals surface area contributed by atoms with Gasteiger partial charge in [0.1, 0.15) is 17.2 Å². The Labute approximate surface area is 146 Å². The second-order valence-corrected chi connectivity index (χ2v) is 5.44. The van der Waals surface area contributed by atoms with Crippen LogP contribution in [0.2, 0.25) is 5.02 Å². The van der Waals surface area contributed by atoms with Crippen molar-refractivity contribution in [2.24, 2.45) is 0 Å². The summed E-state index contributed by atoms with van der Waals surface area (Å²) < 4.78 is 15.9. The molecule has 0 aliphatic heterocycles. The summed E-state index contributed by atoms with van der Waals surface area (Å²) in [4.78, 5) is 12.4. The Morgan fingerprint density at radius 1 is 1.08 bits per heavy atom. The van der Waals surface area contributed by atoms with Crippen molar-refractivity contribution in [1.29, 1.82) is 0 Å². The molecule has 1 N–H and O–H groups in total. The molecule has 0 fully saturated rings. The maximum Gasteiger partial charge on any atom is 0.265 e. The third-order valence-electron chi connectivity index (χ3n) is 3.42. The van der Waals surface area contributed by atoms with E-state index in [0.717, 1.165) is 5.75 Å². The maximum absolute atomic E-state index is 12.4. The Hall–Kier alpha value is -2.40. The molecule has 128 valence electrons. The van der Waals surface area contributed by atoms with Gasteiger partial charge in [-0.1, -0.05) is 18.5 Å². The number of hydrogen-bond donors (Lipinski definition) is 1. The first-order valence-corrected chi connectivity index (χ1v) is 7.90. The molecule has 0 radical (unpaired) electrons. The summed E-state index contributed by atoms with van der Waals surface area (Å²) in [6.45, 7) is 1.88. The lowest BCUT2D eigenvalue weighted by Crippen LogP contribution is -2.32. The van der Waals surface area contributed by atoms with Gasteiger partial charge in [0.15, 0.2) is 6.10 Å². The van der Waals surface area contributed by atoms with E-state index in [9.17, 15) is 4.79 Å². The molecule has 0 aliphatic rings. The average Bonchev–Trinajstić information content (AvgIpc) is 2.60. The summed E-state index contributed by atoms with van der Waals surface area (Å²) in [5.74, 6) is 1.64. The SMILES string of the molecule is CC[C@@H](Oc1ccc(OC)cc1)C(=O)Nc1ccc(OC)c(Cl)c1. The van der Waals surface area contributed by atoms with Crippen molar-refractivity contribution in [2.75, 3.05) is 19.5 Å². The minimum atomic E-state index is -0.612. The minimum Gasteiger partial charge on any atom is -0.497 e. The van der Waals surface area contributed by atoms with Crippen molar-refractivity contribution in [3.8, 4) is 17.2 Å². The van der Waals surface area contributed by atoms with Gasteiger partial charge in [0.05, 0.1) is 19.2 Å². The number of carbonyl (C=O) groups excluding carboxylic acids is 1. The highest BCUT2D eigenvalue weighted by atomic mass is 35.5. The van der Waals surface area contributed by atoms with Gasteiger partial charge in [0, 0.05) is 5.69 Å². The van der Waals surface area contributed by atoms with Crippen molar-refractivity contribution in [3.05, 3.63) is 47.5 Å². The highest BCUT2D eigenvalue weighted by Gasteiger charge is 2.19. The van der Waals surface area contributed by atoms with E-state index in [1.807, 2.05) is 6.92 Å². The quantitative estimate of drug-likeness (QED) is 0.815. The smallest absolute Gasteiger partial charge is 0.265 e. The number of rotatable bonds is 7. The molecule has 0 spiro atoms. The Kier molecular flexibility index (Phi) is 6.32. The summed E-state index contributed by atoms with van der Waals surface area (Å²) in [5, 5.41) is 3.23. The molecular formula is C18H20ClNO4. The Balaban J connectivity index is 2.03. The summed E-state index contributed by atoms with van der Waals surface area (Å²) >= 11 is 6.07. The molecule has 0 aromatic heterocycles. The Morgan fingerprint density at radius 3 is 2.29 bits per heavy atom. The molecule has 0 unspecified atom stereocenters. The van der Waals surface area contributed by atoms with Crippen LogP contribution in [0.3, 0.4) is 0 Å². The van der Waals surface area contributed by atoms with E-state index in [1.165, 1.54) is 7.11 Å². The van der Waals surface area contributed by atoms with Crippen LogP contribution in [0.5, 0.6) is 17.2 Å². The third kappa shape index (κ3) is 4.55. The highest BCUT2D eigenvalue weighted by Crippen LogP contribution is 2.27. The van der Waals surface area contributed by atoms with Crippen LogP contribution in [0.25, 0.3) is 0 Å². The van der Waals surface area contributed by atoms with E-state index >= 15 is 0 Å². The number of nitrogens with one attached hydrogen (secondary N) is 1. The van der Waals surface area contributed by atoms with E-state index in [0.29, 0.717) is 28.6 Å². The van der Waals surface area contributed by atoms with Gasteiger partial charge < -0.3 is 19.5 Å². The largest absolute Gasteiger partial charge is 0.497 e. The molecule has 2 rings (SSSR count). The third-order valence-corrected chi connectivity index (χ3v) is 3.72. The zero-order chi connectivity index (χ0) is 17.5. The molecule has 0 bridgehead atoms. The van der Waals surface area contributed by atoms with Crippen LogP contribution >= 0.6 is 11.6 Å². The van der Waals surface area contributed by atoms with Crippen molar-refractivity contribution in [1.82, 2.24) is 0 Å². The molecular weight excluding hydrogens is 330 g/mol. The average molecular weight is 350 g/mol.